The summed E-state index contributed by atoms with van der Waals surface area (Å²) in [4.78, 5) is 25.6. The number of carboxylic acid groups (broad SMARTS) is 1. The zero-order valence-electron chi connectivity index (χ0n) is 12.3. The van der Waals surface area contributed by atoms with Gasteiger partial charge in [-0.05, 0) is 31.6 Å². The molecule has 1 aliphatic heterocycles. The van der Waals surface area contributed by atoms with E-state index < -0.39 is 18.1 Å². The molecule has 1 saturated heterocycles. The first-order chi connectivity index (χ1) is 9.56. The van der Waals surface area contributed by atoms with Crippen LogP contribution in [0, 0.1) is 5.92 Å². The van der Waals surface area contributed by atoms with Crippen molar-refractivity contribution >= 4 is 11.9 Å². The van der Waals surface area contributed by atoms with Gasteiger partial charge >= 0.3 is 5.97 Å². The Labute approximate surface area is 120 Å². The second-order valence-corrected chi connectivity index (χ2v) is 6.20. The lowest BCUT2D eigenvalue weighted by atomic mass is 9.84. The number of carbonyl (C=O) groups excluding carboxylic acids is 1. The molecule has 0 aromatic carbocycles. The molecular formula is C15H26N2O3. The Morgan fingerprint density at radius 3 is 2.70 bits per heavy atom. The van der Waals surface area contributed by atoms with Gasteiger partial charge in [-0.3, -0.25) is 4.79 Å². The summed E-state index contributed by atoms with van der Waals surface area (Å²) < 4.78 is 0. The zero-order chi connectivity index (χ0) is 14.7. The summed E-state index contributed by atoms with van der Waals surface area (Å²) in [5.74, 6) is -0.678. The van der Waals surface area contributed by atoms with Crippen LogP contribution >= 0.6 is 0 Å². The van der Waals surface area contributed by atoms with Gasteiger partial charge in [-0.2, -0.15) is 0 Å². The Bertz CT molecular complexity index is 372. The Kier molecular flexibility index (Phi) is 5.02. The first-order valence-corrected chi connectivity index (χ1v) is 7.86. The van der Waals surface area contributed by atoms with E-state index >= 15 is 0 Å². The van der Waals surface area contributed by atoms with Crippen molar-refractivity contribution in [3.05, 3.63) is 0 Å². The fourth-order valence-corrected chi connectivity index (χ4v) is 3.74. The van der Waals surface area contributed by atoms with Crippen LogP contribution in [0.3, 0.4) is 0 Å². The summed E-state index contributed by atoms with van der Waals surface area (Å²) in [7, 11) is 0. The molecule has 2 rings (SSSR count). The number of carboxylic acids is 1. The number of unbranched alkanes of at least 4 members (excludes halogenated alkanes) is 1. The maximum absolute atomic E-state index is 12.6. The van der Waals surface area contributed by atoms with Gasteiger partial charge in [0.05, 0.1) is 6.04 Å². The van der Waals surface area contributed by atoms with Crippen LogP contribution in [0.25, 0.3) is 0 Å². The summed E-state index contributed by atoms with van der Waals surface area (Å²) in [5, 5.41) is 9.40. The molecule has 3 N–H and O–H groups in total. The van der Waals surface area contributed by atoms with E-state index in [1.54, 1.807) is 4.90 Å². The molecule has 2 fully saturated rings. The fourth-order valence-electron chi connectivity index (χ4n) is 3.74. The topological polar surface area (TPSA) is 83.6 Å². The molecule has 2 aliphatic rings. The quantitative estimate of drug-likeness (QED) is 0.804. The zero-order valence-corrected chi connectivity index (χ0v) is 12.3. The van der Waals surface area contributed by atoms with Crippen molar-refractivity contribution in [1.82, 2.24) is 4.90 Å². The molecule has 0 aromatic rings. The second kappa shape index (κ2) is 6.57. The Hall–Kier alpha value is -1.10. The van der Waals surface area contributed by atoms with Crippen molar-refractivity contribution in [1.29, 1.82) is 0 Å². The number of likely N-dealkylation sites (tertiary alicyclic amines) is 1. The van der Waals surface area contributed by atoms with Crippen molar-refractivity contribution in [2.24, 2.45) is 11.7 Å². The minimum atomic E-state index is -0.879. The normalized spacial score (nSPS) is 30.9. The number of hydrogen-bond donors (Lipinski definition) is 2. The number of nitrogens with zero attached hydrogens (tertiary/aromatic N) is 1. The third kappa shape index (κ3) is 2.97. The standard InChI is InChI=1S/C15H26N2O3/c1-2-3-7-11(16)14(18)17-12-8-5-4-6-10(12)9-13(17)15(19)20/h10-13H,2-9,16H2,1H3,(H,19,20)/t10?,11-,12?,13?/m0/s1. The largest absolute Gasteiger partial charge is 0.480 e. The van der Waals surface area contributed by atoms with Crippen LogP contribution < -0.4 is 5.73 Å². The molecule has 1 amide bonds. The molecule has 114 valence electrons. The first-order valence-electron chi connectivity index (χ1n) is 7.86. The van der Waals surface area contributed by atoms with Gasteiger partial charge in [0, 0.05) is 6.04 Å². The Morgan fingerprint density at radius 1 is 1.35 bits per heavy atom. The molecule has 0 aromatic heterocycles. The van der Waals surface area contributed by atoms with Gasteiger partial charge in [0.1, 0.15) is 6.04 Å². The minimum absolute atomic E-state index is 0.102. The van der Waals surface area contributed by atoms with Crippen LogP contribution in [0.2, 0.25) is 0 Å². The monoisotopic (exact) mass is 282 g/mol. The van der Waals surface area contributed by atoms with Gasteiger partial charge in [0.2, 0.25) is 5.91 Å². The number of carbonyl (C=O) groups is 2. The SMILES string of the molecule is CCCC[C@H](N)C(=O)N1C(C(=O)O)CC2CCCCC21. The second-order valence-electron chi connectivity index (χ2n) is 6.20. The number of fused-ring (bicyclic) bond motifs is 1. The molecule has 0 radical (unpaired) electrons. The maximum atomic E-state index is 12.6. The van der Waals surface area contributed by atoms with Gasteiger partial charge in [-0.15, -0.1) is 0 Å². The average molecular weight is 282 g/mol. The highest BCUT2D eigenvalue weighted by Crippen LogP contribution is 2.40. The fraction of sp³-hybridized carbons (Fsp3) is 0.867. The Balaban J connectivity index is 2.12. The number of hydrogen-bond acceptors (Lipinski definition) is 3. The Morgan fingerprint density at radius 2 is 2.05 bits per heavy atom. The van der Waals surface area contributed by atoms with E-state index in [4.69, 9.17) is 5.73 Å². The van der Waals surface area contributed by atoms with Gasteiger partial charge in [0.15, 0.2) is 0 Å². The summed E-state index contributed by atoms with van der Waals surface area (Å²) >= 11 is 0. The van der Waals surface area contributed by atoms with Crippen molar-refractivity contribution in [2.45, 2.75) is 76.4 Å². The molecule has 1 aliphatic carbocycles. The van der Waals surface area contributed by atoms with Crippen LogP contribution in [-0.4, -0.2) is 40.0 Å². The predicted molar refractivity (Wildman–Crippen MR) is 76.1 cm³/mol. The molecule has 0 spiro atoms. The summed E-state index contributed by atoms with van der Waals surface area (Å²) in [6.45, 7) is 2.06. The van der Waals surface area contributed by atoms with Crippen LogP contribution in [0.4, 0.5) is 0 Å². The number of aliphatic carboxylic acids is 1. The predicted octanol–water partition coefficient (Wildman–Crippen LogP) is 1.75. The lowest BCUT2D eigenvalue weighted by molar-refractivity contribution is -0.150. The van der Waals surface area contributed by atoms with E-state index in [2.05, 4.69) is 6.92 Å². The van der Waals surface area contributed by atoms with E-state index in [0.29, 0.717) is 18.8 Å². The van der Waals surface area contributed by atoms with E-state index in [-0.39, 0.29) is 11.9 Å². The van der Waals surface area contributed by atoms with Crippen molar-refractivity contribution in [2.75, 3.05) is 0 Å². The molecule has 5 heteroatoms. The smallest absolute Gasteiger partial charge is 0.326 e. The van der Waals surface area contributed by atoms with Gasteiger partial charge < -0.3 is 15.7 Å². The number of nitrogens with two attached hydrogens (primary N) is 1. The highest BCUT2D eigenvalue weighted by molar-refractivity contribution is 5.88. The maximum Gasteiger partial charge on any atom is 0.326 e. The van der Waals surface area contributed by atoms with Crippen molar-refractivity contribution in [3.63, 3.8) is 0 Å². The van der Waals surface area contributed by atoms with E-state index in [1.807, 2.05) is 0 Å². The summed E-state index contributed by atoms with van der Waals surface area (Å²) in [6, 6.07) is -1.11. The van der Waals surface area contributed by atoms with E-state index in [0.717, 1.165) is 38.5 Å². The molecule has 0 bridgehead atoms. The van der Waals surface area contributed by atoms with Crippen LogP contribution in [-0.2, 0) is 9.59 Å². The van der Waals surface area contributed by atoms with E-state index in [9.17, 15) is 14.7 Å². The lowest BCUT2D eigenvalue weighted by Crippen LogP contribution is -2.52. The summed E-state index contributed by atoms with van der Waals surface area (Å²) in [6.07, 6.45) is 7.37. The molecular weight excluding hydrogens is 256 g/mol. The first kappa shape index (κ1) is 15.3. The lowest BCUT2D eigenvalue weighted by Gasteiger charge is -2.34. The van der Waals surface area contributed by atoms with E-state index in [1.165, 1.54) is 0 Å². The van der Waals surface area contributed by atoms with Crippen LogP contribution in [0.1, 0.15) is 58.3 Å². The number of amides is 1. The molecule has 1 saturated carbocycles. The number of rotatable bonds is 5. The molecule has 1 heterocycles. The highest BCUT2D eigenvalue weighted by atomic mass is 16.4. The van der Waals surface area contributed by atoms with Crippen LogP contribution in [0.5, 0.6) is 0 Å². The molecule has 5 nitrogen and oxygen atoms in total. The minimum Gasteiger partial charge on any atom is -0.480 e. The van der Waals surface area contributed by atoms with Gasteiger partial charge in [0.25, 0.3) is 0 Å². The van der Waals surface area contributed by atoms with Crippen molar-refractivity contribution < 1.29 is 14.7 Å². The molecule has 20 heavy (non-hydrogen) atoms. The summed E-state index contributed by atoms with van der Waals surface area (Å²) in [5.41, 5.74) is 5.98. The average Bonchev–Trinajstić information content (AvgIpc) is 2.83. The van der Waals surface area contributed by atoms with Crippen molar-refractivity contribution in [3.8, 4) is 0 Å². The highest BCUT2D eigenvalue weighted by Gasteiger charge is 2.48. The van der Waals surface area contributed by atoms with Gasteiger partial charge in [-0.25, -0.2) is 4.79 Å². The van der Waals surface area contributed by atoms with Crippen LogP contribution in [0.15, 0.2) is 0 Å². The third-order valence-electron chi connectivity index (χ3n) is 4.81. The third-order valence-corrected chi connectivity index (χ3v) is 4.81. The van der Waals surface area contributed by atoms with Gasteiger partial charge in [-0.1, -0.05) is 32.6 Å². The molecule has 3 unspecified atom stereocenters. The molecule has 4 atom stereocenters.